The summed E-state index contributed by atoms with van der Waals surface area (Å²) in [6, 6.07) is 0.383. The van der Waals surface area contributed by atoms with Gasteiger partial charge < -0.3 is 0 Å². The van der Waals surface area contributed by atoms with Crippen LogP contribution >= 0.6 is 0 Å². The Morgan fingerprint density at radius 1 is 1.25 bits per heavy atom. The highest BCUT2D eigenvalue weighted by Crippen LogP contribution is 2.25. The molecule has 7 heteroatoms. The zero-order chi connectivity index (χ0) is 14.2. The summed E-state index contributed by atoms with van der Waals surface area (Å²) in [5.41, 5.74) is 0.619. The molecule has 1 unspecified atom stereocenters. The molecule has 3 heterocycles. The Morgan fingerprint density at radius 2 is 2.00 bits per heavy atom. The lowest BCUT2D eigenvalue weighted by atomic mass is 10.1. The number of nitrogens with one attached hydrogen (secondary N) is 1. The minimum Gasteiger partial charge on any atom is -0.299 e. The molecule has 6 nitrogen and oxygen atoms in total. The maximum Gasteiger partial charge on any atom is 0.246 e. The van der Waals surface area contributed by atoms with Crippen molar-refractivity contribution in [1.82, 2.24) is 19.4 Å². The predicted molar refractivity (Wildman–Crippen MR) is 75.9 cm³/mol. The maximum atomic E-state index is 12.7. The number of likely N-dealkylation sites (tertiary alicyclic amines) is 1. The number of aromatic nitrogens is 2. The number of piperidine rings is 1. The van der Waals surface area contributed by atoms with Crippen LogP contribution in [0.1, 0.15) is 31.4 Å². The van der Waals surface area contributed by atoms with Crippen molar-refractivity contribution >= 4 is 10.0 Å². The van der Waals surface area contributed by atoms with E-state index in [1.807, 2.05) is 0 Å². The summed E-state index contributed by atoms with van der Waals surface area (Å²) < 4.78 is 27.0. The predicted octanol–water partition coefficient (Wildman–Crippen LogP) is 0.967. The molecule has 112 valence electrons. The number of aryl methyl sites for hydroxylation is 1. The molecule has 1 atom stereocenters. The van der Waals surface area contributed by atoms with Crippen molar-refractivity contribution < 1.29 is 8.42 Å². The van der Waals surface area contributed by atoms with Crippen LogP contribution in [0.4, 0.5) is 0 Å². The van der Waals surface area contributed by atoms with Crippen molar-refractivity contribution in [2.24, 2.45) is 0 Å². The summed E-state index contributed by atoms with van der Waals surface area (Å²) in [5.74, 6) is 0. The van der Waals surface area contributed by atoms with Crippen LogP contribution < -0.4 is 0 Å². The Morgan fingerprint density at radius 3 is 2.65 bits per heavy atom. The van der Waals surface area contributed by atoms with Gasteiger partial charge in [0.05, 0.1) is 11.9 Å². The fourth-order valence-electron chi connectivity index (χ4n) is 3.28. The van der Waals surface area contributed by atoms with Crippen molar-refractivity contribution in [3.8, 4) is 0 Å². The average Bonchev–Trinajstić information content (AvgIpc) is 3.10. The molecular formula is C13H22N4O2S. The number of H-pyrrole nitrogens is 1. The summed E-state index contributed by atoms with van der Waals surface area (Å²) >= 11 is 0. The van der Waals surface area contributed by atoms with Crippen LogP contribution in [0.15, 0.2) is 11.1 Å². The molecule has 1 aromatic heterocycles. The molecule has 2 fully saturated rings. The molecule has 0 aliphatic carbocycles. The summed E-state index contributed by atoms with van der Waals surface area (Å²) in [6.07, 6.45) is 5.95. The fraction of sp³-hybridized carbons (Fsp3) is 0.769. The minimum atomic E-state index is -3.40. The number of hydrogen-bond donors (Lipinski definition) is 1. The zero-order valence-corrected chi connectivity index (χ0v) is 12.7. The van der Waals surface area contributed by atoms with Gasteiger partial charge in [0.1, 0.15) is 4.90 Å². The summed E-state index contributed by atoms with van der Waals surface area (Å²) in [7, 11) is -3.40. The third kappa shape index (κ3) is 2.49. The highest BCUT2D eigenvalue weighted by molar-refractivity contribution is 7.89. The van der Waals surface area contributed by atoms with Crippen LogP contribution in [0.3, 0.4) is 0 Å². The first-order chi connectivity index (χ1) is 9.59. The lowest BCUT2D eigenvalue weighted by molar-refractivity contribution is 0.162. The second-order valence-corrected chi connectivity index (χ2v) is 7.67. The first-order valence-corrected chi connectivity index (χ1v) is 8.77. The lowest BCUT2D eigenvalue weighted by Gasteiger charge is -2.36. The van der Waals surface area contributed by atoms with E-state index in [0.717, 1.165) is 25.9 Å². The normalized spacial score (nSPS) is 26.1. The largest absolute Gasteiger partial charge is 0.299 e. The third-order valence-electron chi connectivity index (χ3n) is 4.42. The number of nitrogens with zero attached hydrogens (tertiary/aromatic N) is 3. The van der Waals surface area contributed by atoms with E-state index in [9.17, 15) is 8.42 Å². The van der Waals surface area contributed by atoms with Crippen molar-refractivity contribution in [3.05, 3.63) is 11.9 Å². The number of aromatic amines is 1. The Bertz CT molecular complexity index is 563. The Labute approximate surface area is 120 Å². The molecule has 0 aromatic carbocycles. The van der Waals surface area contributed by atoms with E-state index in [4.69, 9.17) is 0 Å². The molecule has 0 radical (unpaired) electrons. The number of rotatable bonds is 3. The fourth-order valence-corrected chi connectivity index (χ4v) is 4.92. The van der Waals surface area contributed by atoms with E-state index < -0.39 is 10.0 Å². The second-order valence-electron chi connectivity index (χ2n) is 5.76. The van der Waals surface area contributed by atoms with Crippen LogP contribution in [0.2, 0.25) is 0 Å². The van der Waals surface area contributed by atoms with Gasteiger partial charge in [-0.3, -0.25) is 10.00 Å². The third-order valence-corrected chi connectivity index (χ3v) is 6.40. The zero-order valence-electron chi connectivity index (χ0n) is 11.9. The molecule has 0 spiro atoms. The summed E-state index contributed by atoms with van der Waals surface area (Å²) in [4.78, 5) is 2.77. The van der Waals surface area contributed by atoms with Crippen molar-refractivity contribution in [3.63, 3.8) is 0 Å². The summed E-state index contributed by atoms with van der Waals surface area (Å²) in [5, 5.41) is 6.55. The summed E-state index contributed by atoms with van der Waals surface area (Å²) in [6.45, 7) is 5.22. The van der Waals surface area contributed by atoms with E-state index in [2.05, 4.69) is 15.1 Å². The van der Waals surface area contributed by atoms with Gasteiger partial charge in [0.2, 0.25) is 10.0 Å². The van der Waals surface area contributed by atoms with Gasteiger partial charge in [0.15, 0.2) is 0 Å². The molecule has 0 bridgehead atoms. The van der Waals surface area contributed by atoms with Crippen molar-refractivity contribution in [1.29, 1.82) is 0 Å². The van der Waals surface area contributed by atoms with Gasteiger partial charge in [-0.15, -0.1) is 0 Å². The van der Waals surface area contributed by atoms with Crippen LogP contribution in [-0.2, 0) is 10.0 Å². The van der Waals surface area contributed by atoms with Crippen LogP contribution in [0.5, 0.6) is 0 Å². The number of sulfonamides is 1. The topological polar surface area (TPSA) is 69.3 Å². The SMILES string of the molecule is Cc1[nH]ncc1S(=O)(=O)N1CCCC(N2CCCC2)C1. The van der Waals surface area contributed by atoms with Gasteiger partial charge in [-0.25, -0.2) is 8.42 Å². The molecule has 3 rings (SSSR count). The Hall–Kier alpha value is -0.920. The van der Waals surface area contributed by atoms with Crippen LogP contribution in [0, 0.1) is 6.92 Å². The molecule has 0 amide bonds. The van der Waals surface area contributed by atoms with E-state index in [1.165, 1.54) is 19.0 Å². The van der Waals surface area contributed by atoms with Crippen LogP contribution in [-0.4, -0.2) is 60.0 Å². The lowest BCUT2D eigenvalue weighted by Crippen LogP contribution is -2.48. The minimum absolute atomic E-state index is 0.319. The molecule has 0 saturated carbocycles. The molecule has 1 N–H and O–H groups in total. The van der Waals surface area contributed by atoms with Gasteiger partial charge in [-0.1, -0.05) is 0 Å². The highest BCUT2D eigenvalue weighted by Gasteiger charge is 2.34. The smallest absolute Gasteiger partial charge is 0.246 e. The van der Waals surface area contributed by atoms with Gasteiger partial charge in [0.25, 0.3) is 0 Å². The maximum absolute atomic E-state index is 12.7. The Balaban J connectivity index is 1.78. The van der Waals surface area contributed by atoms with Gasteiger partial charge in [-0.2, -0.15) is 9.40 Å². The molecule has 2 aliphatic rings. The molecule has 2 saturated heterocycles. The van der Waals surface area contributed by atoms with Crippen LogP contribution in [0.25, 0.3) is 0 Å². The highest BCUT2D eigenvalue weighted by atomic mass is 32.2. The first-order valence-electron chi connectivity index (χ1n) is 7.33. The van der Waals surface area contributed by atoms with E-state index >= 15 is 0 Å². The standard InChI is InChI=1S/C13H22N4O2S/c1-11-13(9-14-15-11)20(18,19)17-8-4-5-12(10-17)16-6-2-3-7-16/h9,12H,2-8,10H2,1H3,(H,14,15). The molecule has 20 heavy (non-hydrogen) atoms. The number of hydrogen-bond acceptors (Lipinski definition) is 4. The monoisotopic (exact) mass is 298 g/mol. The molecule has 2 aliphatic heterocycles. The van der Waals surface area contributed by atoms with Gasteiger partial charge in [0, 0.05) is 19.1 Å². The van der Waals surface area contributed by atoms with Gasteiger partial charge in [-0.05, 0) is 45.7 Å². The first kappa shape index (κ1) is 14.0. The van der Waals surface area contributed by atoms with E-state index in [0.29, 0.717) is 29.7 Å². The van der Waals surface area contributed by atoms with E-state index in [1.54, 1.807) is 11.2 Å². The second kappa shape index (κ2) is 5.46. The van der Waals surface area contributed by atoms with Gasteiger partial charge >= 0.3 is 0 Å². The molecule has 1 aromatic rings. The average molecular weight is 298 g/mol. The van der Waals surface area contributed by atoms with Crippen molar-refractivity contribution in [2.75, 3.05) is 26.2 Å². The van der Waals surface area contributed by atoms with Crippen molar-refractivity contribution in [2.45, 2.75) is 43.5 Å². The Kier molecular flexibility index (Phi) is 3.83. The molecular weight excluding hydrogens is 276 g/mol. The quantitative estimate of drug-likeness (QED) is 0.902. The van der Waals surface area contributed by atoms with E-state index in [-0.39, 0.29) is 0 Å².